The molecule has 164 valence electrons. The van der Waals surface area contributed by atoms with Crippen LogP contribution in [0.15, 0.2) is 29.8 Å². The highest BCUT2D eigenvalue weighted by atomic mass is 16.5. The molecular weight excluding hydrogens is 390 g/mol. The summed E-state index contributed by atoms with van der Waals surface area (Å²) in [7, 11) is 0. The van der Waals surface area contributed by atoms with Crippen molar-refractivity contribution in [1.82, 2.24) is 4.57 Å². The fourth-order valence-electron chi connectivity index (χ4n) is 3.29. The molecule has 0 spiro atoms. The molecule has 1 atom stereocenters. The van der Waals surface area contributed by atoms with Crippen molar-refractivity contribution >= 4 is 23.6 Å². The van der Waals surface area contributed by atoms with Crippen LogP contribution in [0.4, 0.5) is 5.69 Å². The molecule has 0 unspecified atom stereocenters. The van der Waals surface area contributed by atoms with Crippen LogP contribution < -0.4 is 5.32 Å². The zero-order chi connectivity index (χ0) is 23.3. The van der Waals surface area contributed by atoms with E-state index in [2.05, 4.69) is 23.7 Å². The number of hydrogen-bond donors (Lipinski definition) is 1. The Kier molecular flexibility index (Phi) is 7.82. The number of nitriles is 1. The minimum Gasteiger partial charge on any atom is -0.448 e. The van der Waals surface area contributed by atoms with Gasteiger partial charge in [0.2, 0.25) is 0 Å². The second kappa shape index (κ2) is 10.1. The highest BCUT2D eigenvalue weighted by Crippen LogP contribution is 2.21. The van der Waals surface area contributed by atoms with Gasteiger partial charge in [-0.1, -0.05) is 26.0 Å². The zero-order valence-corrected chi connectivity index (χ0v) is 19.4. The van der Waals surface area contributed by atoms with E-state index in [1.807, 2.05) is 58.0 Å². The van der Waals surface area contributed by atoms with Gasteiger partial charge in [-0.25, -0.2) is 4.79 Å². The first-order valence-corrected chi connectivity index (χ1v) is 10.4. The fraction of sp³-hybridized carbons (Fsp3) is 0.400. The first-order valence-electron chi connectivity index (χ1n) is 10.4. The second-order valence-corrected chi connectivity index (χ2v) is 8.36. The van der Waals surface area contributed by atoms with Crippen LogP contribution in [-0.2, 0) is 20.9 Å². The van der Waals surface area contributed by atoms with Crippen LogP contribution in [0.1, 0.15) is 48.8 Å². The van der Waals surface area contributed by atoms with E-state index in [4.69, 9.17) is 4.74 Å². The van der Waals surface area contributed by atoms with Gasteiger partial charge in [0.25, 0.3) is 5.91 Å². The minimum absolute atomic E-state index is 0.142. The molecule has 0 saturated heterocycles. The van der Waals surface area contributed by atoms with Gasteiger partial charge in [-0.3, -0.25) is 4.79 Å². The molecule has 0 radical (unpaired) electrons. The van der Waals surface area contributed by atoms with Crippen molar-refractivity contribution < 1.29 is 14.3 Å². The predicted molar refractivity (Wildman–Crippen MR) is 122 cm³/mol. The number of ether oxygens (including phenoxy) is 1. The first-order chi connectivity index (χ1) is 14.5. The molecule has 0 aliphatic rings. The maximum absolute atomic E-state index is 12.5. The van der Waals surface area contributed by atoms with Crippen LogP contribution in [0.25, 0.3) is 6.08 Å². The smallest absolute Gasteiger partial charge is 0.349 e. The number of nitrogens with zero attached hydrogens (tertiary/aromatic N) is 2. The molecule has 0 saturated carbocycles. The van der Waals surface area contributed by atoms with Gasteiger partial charge in [-0.05, 0) is 75.4 Å². The standard InChI is InChI=1S/C25H31N3O3/c1-15(2)14-28-18(5)11-21(19(28)6)12-22(13-26)25(30)31-20(7)24(29)27-23-10-16(3)8-9-17(23)4/h8-12,15,20H,14H2,1-7H3,(H,27,29)/b22-12+/t20-/m1/s1. The van der Waals surface area contributed by atoms with E-state index in [1.165, 1.54) is 13.0 Å². The van der Waals surface area contributed by atoms with Crippen LogP contribution in [0.5, 0.6) is 0 Å². The Hall–Kier alpha value is -3.33. The summed E-state index contributed by atoms with van der Waals surface area (Å²) >= 11 is 0. The molecule has 0 fully saturated rings. The Morgan fingerprint density at radius 1 is 1.16 bits per heavy atom. The summed E-state index contributed by atoms with van der Waals surface area (Å²) in [6.45, 7) is 14.4. The van der Waals surface area contributed by atoms with Crippen LogP contribution in [0.3, 0.4) is 0 Å². The van der Waals surface area contributed by atoms with E-state index in [0.717, 1.165) is 34.6 Å². The molecule has 1 aromatic heterocycles. The maximum atomic E-state index is 12.5. The summed E-state index contributed by atoms with van der Waals surface area (Å²) in [5, 5.41) is 12.3. The number of carbonyl (C=O) groups excluding carboxylic acids is 2. The van der Waals surface area contributed by atoms with Gasteiger partial charge in [0.1, 0.15) is 11.6 Å². The van der Waals surface area contributed by atoms with E-state index >= 15 is 0 Å². The normalized spacial score (nSPS) is 12.4. The van der Waals surface area contributed by atoms with Crippen molar-refractivity contribution in [2.75, 3.05) is 5.32 Å². The predicted octanol–water partition coefficient (Wildman–Crippen LogP) is 4.86. The second-order valence-electron chi connectivity index (χ2n) is 8.36. The van der Waals surface area contributed by atoms with Crippen LogP contribution in [-0.4, -0.2) is 22.5 Å². The Bertz CT molecular complexity index is 1050. The van der Waals surface area contributed by atoms with Crippen LogP contribution in [0.2, 0.25) is 0 Å². The molecule has 1 heterocycles. The SMILES string of the molecule is Cc1ccc(C)c(NC(=O)[C@@H](C)OC(=O)/C(C#N)=C/c2cc(C)n(CC(C)C)c2C)c1. The third kappa shape index (κ3) is 6.08. The molecule has 2 rings (SSSR count). The largest absolute Gasteiger partial charge is 0.448 e. The molecule has 0 bridgehead atoms. The number of nitrogens with one attached hydrogen (secondary N) is 1. The number of amides is 1. The van der Waals surface area contributed by atoms with Crippen molar-refractivity contribution in [3.63, 3.8) is 0 Å². The number of hydrogen-bond acceptors (Lipinski definition) is 4. The monoisotopic (exact) mass is 421 g/mol. The fourth-order valence-corrected chi connectivity index (χ4v) is 3.29. The zero-order valence-electron chi connectivity index (χ0n) is 19.4. The van der Waals surface area contributed by atoms with Gasteiger partial charge in [0, 0.05) is 23.6 Å². The Morgan fingerprint density at radius 2 is 1.84 bits per heavy atom. The van der Waals surface area contributed by atoms with E-state index in [0.29, 0.717) is 11.6 Å². The van der Waals surface area contributed by atoms with Gasteiger partial charge in [-0.15, -0.1) is 0 Å². The number of aryl methyl sites for hydroxylation is 3. The molecule has 1 aromatic carbocycles. The molecule has 0 aliphatic heterocycles. The van der Waals surface area contributed by atoms with E-state index in [1.54, 1.807) is 0 Å². The number of esters is 1. The number of rotatable bonds is 7. The van der Waals surface area contributed by atoms with Gasteiger partial charge >= 0.3 is 5.97 Å². The Labute approximate surface area is 184 Å². The highest BCUT2D eigenvalue weighted by molar-refractivity contribution is 6.01. The van der Waals surface area contributed by atoms with Gasteiger partial charge < -0.3 is 14.6 Å². The van der Waals surface area contributed by atoms with Crippen LogP contribution in [0, 0.1) is 44.9 Å². The molecule has 6 nitrogen and oxygen atoms in total. The molecule has 1 amide bonds. The van der Waals surface area contributed by atoms with Gasteiger partial charge in [0.15, 0.2) is 6.10 Å². The molecule has 2 aromatic rings. The van der Waals surface area contributed by atoms with Gasteiger partial charge in [0.05, 0.1) is 0 Å². The highest BCUT2D eigenvalue weighted by Gasteiger charge is 2.22. The quantitative estimate of drug-likeness (QED) is 0.393. The van der Waals surface area contributed by atoms with Gasteiger partial charge in [-0.2, -0.15) is 5.26 Å². The first kappa shape index (κ1) is 23.9. The number of carbonyl (C=O) groups is 2. The topological polar surface area (TPSA) is 84.1 Å². The van der Waals surface area contributed by atoms with E-state index < -0.39 is 18.0 Å². The van der Waals surface area contributed by atoms with E-state index in [9.17, 15) is 14.9 Å². The van der Waals surface area contributed by atoms with E-state index in [-0.39, 0.29) is 5.57 Å². The van der Waals surface area contributed by atoms with Crippen molar-refractivity contribution in [2.45, 2.75) is 61.1 Å². The van der Waals surface area contributed by atoms with Crippen molar-refractivity contribution in [2.24, 2.45) is 5.92 Å². The summed E-state index contributed by atoms with van der Waals surface area (Å²) in [4.78, 5) is 25.0. The molecule has 31 heavy (non-hydrogen) atoms. The summed E-state index contributed by atoms with van der Waals surface area (Å²) in [6.07, 6.45) is 0.481. The lowest BCUT2D eigenvalue weighted by Crippen LogP contribution is -2.30. The average Bonchev–Trinajstić information content (AvgIpc) is 2.95. The number of benzene rings is 1. The van der Waals surface area contributed by atoms with Crippen molar-refractivity contribution in [3.8, 4) is 6.07 Å². The Morgan fingerprint density at radius 3 is 2.45 bits per heavy atom. The minimum atomic E-state index is -1.04. The summed E-state index contributed by atoms with van der Waals surface area (Å²) < 4.78 is 7.44. The van der Waals surface area contributed by atoms with Crippen molar-refractivity contribution in [3.05, 3.63) is 57.9 Å². The molecule has 6 heteroatoms. The van der Waals surface area contributed by atoms with Crippen LogP contribution >= 0.6 is 0 Å². The third-order valence-corrected chi connectivity index (χ3v) is 5.10. The number of anilines is 1. The lowest BCUT2D eigenvalue weighted by molar-refractivity contribution is -0.148. The lowest BCUT2D eigenvalue weighted by atomic mass is 10.1. The summed E-state index contributed by atoms with van der Waals surface area (Å²) in [5.74, 6) is -0.798. The summed E-state index contributed by atoms with van der Waals surface area (Å²) in [5.41, 5.74) is 5.27. The number of aromatic nitrogens is 1. The molecule has 1 N–H and O–H groups in total. The lowest BCUT2D eigenvalue weighted by Gasteiger charge is -2.15. The molecule has 0 aliphatic carbocycles. The third-order valence-electron chi connectivity index (χ3n) is 5.10. The maximum Gasteiger partial charge on any atom is 0.349 e. The average molecular weight is 422 g/mol. The van der Waals surface area contributed by atoms with Crippen molar-refractivity contribution in [1.29, 1.82) is 5.26 Å². The Balaban J connectivity index is 2.15. The summed E-state index contributed by atoms with van der Waals surface area (Å²) in [6, 6.07) is 9.57. The molecular formula is C25H31N3O3.